The van der Waals surface area contributed by atoms with Crippen molar-refractivity contribution in [3.63, 3.8) is 0 Å². The van der Waals surface area contributed by atoms with Gasteiger partial charge in [-0.25, -0.2) is 0 Å². The summed E-state index contributed by atoms with van der Waals surface area (Å²) in [5, 5.41) is 16.5. The third-order valence-corrected chi connectivity index (χ3v) is 6.42. The smallest absolute Gasteiger partial charge is 0.247 e. The molecule has 1 saturated heterocycles. The number of nitrogens with zero attached hydrogens (tertiary/aromatic N) is 2. The van der Waals surface area contributed by atoms with Crippen LogP contribution in [0.2, 0.25) is 0 Å². The van der Waals surface area contributed by atoms with Gasteiger partial charge in [-0.2, -0.15) is 0 Å². The summed E-state index contributed by atoms with van der Waals surface area (Å²) in [6.45, 7) is 4.25. The van der Waals surface area contributed by atoms with Crippen LogP contribution >= 0.6 is 11.8 Å². The number of thioether (sulfide) groups is 1. The number of benzene rings is 1. The van der Waals surface area contributed by atoms with E-state index in [1.54, 1.807) is 12.0 Å². The minimum absolute atomic E-state index is 0.00592. The molecule has 1 aromatic rings. The van der Waals surface area contributed by atoms with Gasteiger partial charge >= 0.3 is 0 Å². The predicted molar refractivity (Wildman–Crippen MR) is 121 cm³/mol. The first kappa shape index (κ1) is 23.1. The van der Waals surface area contributed by atoms with E-state index in [2.05, 4.69) is 0 Å². The second-order valence-corrected chi connectivity index (χ2v) is 9.28. The van der Waals surface area contributed by atoms with Crippen LogP contribution in [-0.2, 0) is 9.59 Å². The minimum Gasteiger partial charge on any atom is -0.493 e. The molecule has 1 heterocycles. The Balaban J connectivity index is 1.61. The number of likely N-dealkylation sites (tertiary alicyclic amines) is 1. The van der Waals surface area contributed by atoms with Gasteiger partial charge < -0.3 is 14.4 Å². The minimum atomic E-state index is -0.325. The fourth-order valence-electron chi connectivity index (χ4n) is 3.43. The first-order valence-corrected chi connectivity index (χ1v) is 11.2. The summed E-state index contributed by atoms with van der Waals surface area (Å²) in [6, 6.07) is 5.67. The summed E-state index contributed by atoms with van der Waals surface area (Å²) in [5.74, 6) is 1.07. The number of methoxy groups -OCH3 is 1. The number of carbonyl (C=O) groups excluding carboxylic acids is 2. The van der Waals surface area contributed by atoms with E-state index in [1.807, 2.05) is 32.0 Å². The molecule has 0 radical (unpaired) electrons. The molecule has 9 heteroatoms. The average Bonchev–Trinajstić information content (AvgIpc) is 3.51. The van der Waals surface area contributed by atoms with Crippen molar-refractivity contribution in [2.45, 2.75) is 45.1 Å². The highest BCUT2D eigenvalue weighted by atomic mass is 32.2. The van der Waals surface area contributed by atoms with Crippen molar-refractivity contribution in [3.8, 4) is 11.5 Å². The van der Waals surface area contributed by atoms with E-state index < -0.39 is 0 Å². The Morgan fingerprint density at radius 2 is 2.00 bits per heavy atom. The number of likely N-dealkylation sites (N-methyl/N-ethyl adjacent to an activating group) is 1. The highest BCUT2D eigenvalue weighted by molar-refractivity contribution is 8.26. The third kappa shape index (κ3) is 5.78. The Bertz CT molecular complexity index is 884. The lowest BCUT2D eigenvalue weighted by Crippen LogP contribution is -2.41. The van der Waals surface area contributed by atoms with Crippen molar-refractivity contribution in [2.75, 3.05) is 27.2 Å². The Labute approximate surface area is 187 Å². The lowest BCUT2D eigenvalue weighted by molar-refractivity contribution is -0.135. The fourth-order valence-corrected chi connectivity index (χ4v) is 4.28. The number of amidine groups is 1. The summed E-state index contributed by atoms with van der Waals surface area (Å²) in [5.41, 5.74) is 0.967. The largest absolute Gasteiger partial charge is 0.493 e. The van der Waals surface area contributed by atoms with Crippen molar-refractivity contribution < 1.29 is 19.1 Å². The van der Waals surface area contributed by atoms with Crippen LogP contribution in [0, 0.1) is 16.7 Å². The maximum Gasteiger partial charge on any atom is 0.247 e. The molecule has 1 saturated carbocycles. The summed E-state index contributed by atoms with van der Waals surface area (Å²) in [7, 11) is 3.11. The number of ether oxygens (including phenoxy) is 2. The van der Waals surface area contributed by atoms with Crippen molar-refractivity contribution in [1.82, 2.24) is 9.80 Å². The first-order valence-electron chi connectivity index (χ1n) is 10.4. The van der Waals surface area contributed by atoms with E-state index in [-0.39, 0.29) is 41.5 Å². The van der Waals surface area contributed by atoms with E-state index in [4.69, 9.17) is 20.3 Å². The number of hydrogen-bond donors (Lipinski definition) is 2. The molecule has 8 nitrogen and oxygen atoms in total. The average molecular weight is 447 g/mol. The van der Waals surface area contributed by atoms with Gasteiger partial charge in [0.15, 0.2) is 16.7 Å². The summed E-state index contributed by atoms with van der Waals surface area (Å²) < 4.78 is 11.2. The van der Waals surface area contributed by atoms with Crippen LogP contribution in [0.15, 0.2) is 18.2 Å². The quantitative estimate of drug-likeness (QED) is 0.494. The molecule has 0 spiro atoms. The van der Waals surface area contributed by atoms with Gasteiger partial charge in [0.05, 0.1) is 18.3 Å². The van der Waals surface area contributed by atoms with Gasteiger partial charge in [0.2, 0.25) is 11.8 Å². The maximum absolute atomic E-state index is 12.6. The Hall–Kier alpha value is -2.55. The van der Waals surface area contributed by atoms with Crippen LogP contribution in [0.5, 0.6) is 11.5 Å². The molecule has 2 aliphatic rings. The predicted octanol–water partition coefficient (Wildman–Crippen LogP) is 3.31. The number of amides is 2. The molecular weight excluding hydrogens is 416 g/mol. The van der Waals surface area contributed by atoms with E-state index in [0.717, 1.165) is 30.2 Å². The molecule has 0 bridgehead atoms. The van der Waals surface area contributed by atoms with Crippen molar-refractivity contribution in [3.05, 3.63) is 23.8 Å². The van der Waals surface area contributed by atoms with Gasteiger partial charge in [0, 0.05) is 31.8 Å². The highest BCUT2D eigenvalue weighted by Gasteiger charge is 2.34. The second kappa shape index (κ2) is 9.72. The summed E-state index contributed by atoms with van der Waals surface area (Å²) in [4.78, 5) is 27.9. The third-order valence-electron chi connectivity index (χ3n) is 5.40. The lowest BCUT2D eigenvalue weighted by atomic mass is 9.98. The zero-order valence-corrected chi connectivity index (χ0v) is 19.3. The highest BCUT2D eigenvalue weighted by Crippen LogP contribution is 2.36. The summed E-state index contributed by atoms with van der Waals surface area (Å²) in [6.07, 6.45) is 2.28. The molecule has 2 fully saturated rings. The standard InChI is InChI=1S/C22H30N4O4S/c1-13(2)30-18-9-15(7-8-17(18)29-4)16-10-19(27)26(11-16)12-20(28)25(3)22(24)31-21(23)14-5-6-14/h7-9,13-14,16,23-24H,5-6,10-12H2,1-4H3/t16-/m1/s1. The van der Waals surface area contributed by atoms with Crippen molar-refractivity contribution in [1.29, 1.82) is 10.8 Å². The molecule has 2 amide bonds. The number of nitrogens with one attached hydrogen (secondary N) is 2. The van der Waals surface area contributed by atoms with Crippen LogP contribution in [0.3, 0.4) is 0 Å². The van der Waals surface area contributed by atoms with E-state index in [0.29, 0.717) is 29.5 Å². The Morgan fingerprint density at radius 3 is 2.61 bits per heavy atom. The van der Waals surface area contributed by atoms with Crippen molar-refractivity contribution in [2.24, 2.45) is 5.92 Å². The van der Waals surface area contributed by atoms with Crippen molar-refractivity contribution >= 4 is 33.8 Å². The molecular formula is C22H30N4O4S. The van der Waals surface area contributed by atoms with Crippen LogP contribution in [0.25, 0.3) is 0 Å². The maximum atomic E-state index is 12.6. The Kier molecular flexibility index (Phi) is 7.25. The molecule has 1 aliphatic carbocycles. The van der Waals surface area contributed by atoms with Gasteiger partial charge in [-0.15, -0.1) is 0 Å². The number of carbonyl (C=O) groups is 2. The SMILES string of the molecule is COc1ccc([C@@H]2CC(=O)N(CC(=O)N(C)C(=N)SC(=N)C3CC3)C2)cc1OC(C)C. The van der Waals surface area contributed by atoms with Gasteiger partial charge in [-0.3, -0.25) is 25.3 Å². The molecule has 2 N–H and O–H groups in total. The van der Waals surface area contributed by atoms with Crippen LogP contribution in [0.4, 0.5) is 0 Å². The van der Waals surface area contributed by atoms with Gasteiger partial charge in [-0.1, -0.05) is 6.07 Å². The van der Waals surface area contributed by atoms with Crippen LogP contribution in [0.1, 0.15) is 44.6 Å². The molecule has 0 unspecified atom stereocenters. The number of hydrogen-bond acceptors (Lipinski definition) is 7. The normalized spacial score (nSPS) is 18.3. The molecule has 1 aliphatic heterocycles. The topological polar surface area (TPSA) is 107 Å². The molecule has 1 atom stereocenters. The van der Waals surface area contributed by atoms with Crippen LogP contribution in [-0.4, -0.2) is 65.2 Å². The fraction of sp³-hybridized carbons (Fsp3) is 0.545. The number of rotatable bonds is 7. The van der Waals surface area contributed by atoms with E-state index in [9.17, 15) is 9.59 Å². The van der Waals surface area contributed by atoms with E-state index >= 15 is 0 Å². The molecule has 31 heavy (non-hydrogen) atoms. The molecule has 3 rings (SSSR count). The second-order valence-electron chi connectivity index (χ2n) is 8.25. The molecule has 168 valence electrons. The molecule has 1 aromatic carbocycles. The van der Waals surface area contributed by atoms with Gasteiger partial charge in [0.1, 0.15) is 6.54 Å². The molecule has 0 aromatic heterocycles. The van der Waals surface area contributed by atoms with Crippen LogP contribution < -0.4 is 9.47 Å². The van der Waals surface area contributed by atoms with Gasteiger partial charge in [0.25, 0.3) is 0 Å². The van der Waals surface area contributed by atoms with Gasteiger partial charge in [-0.05, 0) is 56.1 Å². The lowest BCUT2D eigenvalue weighted by Gasteiger charge is -2.22. The Morgan fingerprint density at radius 1 is 1.29 bits per heavy atom. The van der Waals surface area contributed by atoms with E-state index in [1.165, 1.54) is 11.9 Å². The monoisotopic (exact) mass is 446 g/mol. The first-order chi connectivity index (χ1) is 14.7. The summed E-state index contributed by atoms with van der Waals surface area (Å²) >= 11 is 1.02. The zero-order chi connectivity index (χ0) is 22.7. The zero-order valence-electron chi connectivity index (χ0n) is 18.4.